The Kier molecular flexibility index (Phi) is 4.41. The molecule has 4 rings (SSSR count). The SMILES string of the molecule is O=C1Nc2ccc(Cl)cc2C(c2ccccc2[N+](=O)[O-])=NC12CCNCC2. The van der Waals surface area contributed by atoms with Gasteiger partial charge < -0.3 is 10.6 Å². The molecule has 2 N–H and O–H groups in total. The standard InChI is InChI=1S/C19H17ClN4O3/c20-12-5-6-15-14(11-12)17(13-3-1-2-4-16(13)24(26)27)23-19(18(25)22-15)7-9-21-10-8-19/h1-6,11,21H,7-10H2,(H,22,25). The highest BCUT2D eigenvalue weighted by atomic mass is 35.5. The lowest BCUT2D eigenvalue weighted by Crippen LogP contribution is -2.49. The molecule has 2 aromatic rings. The fraction of sp³-hybridized carbons (Fsp3) is 0.263. The number of nitro groups is 1. The molecule has 0 unspecified atom stereocenters. The third-order valence-electron chi connectivity index (χ3n) is 5.02. The van der Waals surface area contributed by atoms with Gasteiger partial charge in [0, 0.05) is 16.7 Å². The van der Waals surface area contributed by atoms with Crippen LogP contribution >= 0.6 is 11.6 Å². The third-order valence-corrected chi connectivity index (χ3v) is 5.26. The Hall–Kier alpha value is -2.77. The molecule has 8 heteroatoms. The lowest BCUT2D eigenvalue weighted by molar-refractivity contribution is -0.385. The van der Waals surface area contributed by atoms with Crippen LogP contribution in [0.2, 0.25) is 5.02 Å². The van der Waals surface area contributed by atoms with Crippen LogP contribution in [-0.4, -0.2) is 35.2 Å². The summed E-state index contributed by atoms with van der Waals surface area (Å²) in [7, 11) is 0. The highest BCUT2D eigenvalue weighted by molar-refractivity contribution is 6.32. The monoisotopic (exact) mass is 384 g/mol. The van der Waals surface area contributed by atoms with E-state index in [4.69, 9.17) is 16.6 Å². The first-order valence-electron chi connectivity index (χ1n) is 8.66. The van der Waals surface area contributed by atoms with Crippen molar-refractivity contribution in [3.8, 4) is 0 Å². The number of nitrogens with zero attached hydrogens (tertiary/aromatic N) is 2. The summed E-state index contributed by atoms with van der Waals surface area (Å²) in [4.78, 5) is 29.0. The highest BCUT2D eigenvalue weighted by Gasteiger charge is 2.42. The Morgan fingerprint density at radius 2 is 1.85 bits per heavy atom. The molecule has 1 spiro atoms. The molecule has 138 valence electrons. The molecule has 0 aromatic heterocycles. The Labute approximate surface area is 160 Å². The molecule has 2 aliphatic rings. The summed E-state index contributed by atoms with van der Waals surface area (Å²) < 4.78 is 0. The number of nitrogens with one attached hydrogen (secondary N) is 2. The van der Waals surface area contributed by atoms with E-state index < -0.39 is 10.5 Å². The number of halogens is 1. The van der Waals surface area contributed by atoms with Crippen molar-refractivity contribution in [3.63, 3.8) is 0 Å². The van der Waals surface area contributed by atoms with Crippen LogP contribution in [-0.2, 0) is 4.79 Å². The van der Waals surface area contributed by atoms with Gasteiger partial charge in [0.15, 0.2) is 0 Å². The van der Waals surface area contributed by atoms with Crippen molar-refractivity contribution in [1.29, 1.82) is 0 Å². The Morgan fingerprint density at radius 1 is 1.11 bits per heavy atom. The fourth-order valence-electron chi connectivity index (χ4n) is 3.60. The van der Waals surface area contributed by atoms with Gasteiger partial charge in [-0.15, -0.1) is 0 Å². The van der Waals surface area contributed by atoms with Crippen LogP contribution in [0.4, 0.5) is 11.4 Å². The van der Waals surface area contributed by atoms with E-state index in [9.17, 15) is 14.9 Å². The van der Waals surface area contributed by atoms with E-state index in [-0.39, 0.29) is 11.6 Å². The maximum atomic E-state index is 13.0. The second-order valence-corrected chi connectivity index (χ2v) is 7.10. The second kappa shape index (κ2) is 6.75. The number of fused-ring (bicyclic) bond motifs is 1. The summed E-state index contributed by atoms with van der Waals surface area (Å²) in [6.45, 7) is 1.30. The number of para-hydroxylation sites is 1. The topological polar surface area (TPSA) is 96.6 Å². The maximum absolute atomic E-state index is 13.0. The summed E-state index contributed by atoms with van der Waals surface area (Å²) >= 11 is 6.19. The van der Waals surface area contributed by atoms with Gasteiger partial charge >= 0.3 is 0 Å². The van der Waals surface area contributed by atoms with Gasteiger partial charge in [-0.3, -0.25) is 19.9 Å². The van der Waals surface area contributed by atoms with E-state index in [1.165, 1.54) is 6.07 Å². The van der Waals surface area contributed by atoms with Crippen LogP contribution in [0.5, 0.6) is 0 Å². The fourth-order valence-corrected chi connectivity index (χ4v) is 3.77. The van der Waals surface area contributed by atoms with Crippen molar-refractivity contribution < 1.29 is 9.72 Å². The molecule has 2 aliphatic heterocycles. The van der Waals surface area contributed by atoms with Gasteiger partial charge in [-0.05, 0) is 50.2 Å². The molecule has 27 heavy (non-hydrogen) atoms. The van der Waals surface area contributed by atoms with E-state index in [1.807, 2.05) is 0 Å². The first kappa shape index (κ1) is 17.6. The summed E-state index contributed by atoms with van der Waals surface area (Å²) in [6.07, 6.45) is 1.04. The molecule has 2 heterocycles. The van der Waals surface area contributed by atoms with Crippen LogP contribution in [0.1, 0.15) is 24.0 Å². The largest absolute Gasteiger partial charge is 0.323 e. The summed E-state index contributed by atoms with van der Waals surface area (Å²) in [5, 5.41) is 18.2. The van der Waals surface area contributed by atoms with E-state index in [1.54, 1.807) is 36.4 Å². The Balaban J connectivity index is 2.00. The second-order valence-electron chi connectivity index (χ2n) is 6.66. The third kappa shape index (κ3) is 3.09. The normalized spacial score (nSPS) is 18.3. The molecule has 0 radical (unpaired) electrons. The summed E-state index contributed by atoms with van der Waals surface area (Å²) in [5.41, 5.74) is 0.911. The zero-order chi connectivity index (χ0) is 19.0. The van der Waals surface area contributed by atoms with E-state index in [2.05, 4.69) is 10.6 Å². The average molecular weight is 385 g/mol. The van der Waals surface area contributed by atoms with Crippen LogP contribution in [0.15, 0.2) is 47.5 Å². The summed E-state index contributed by atoms with van der Waals surface area (Å²) in [6, 6.07) is 11.5. The van der Waals surface area contributed by atoms with Gasteiger partial charge in [0.05, 0.1) is 21.9 Å². The number of nitro benzene ring substituents is 1. The molecule has 0 atom stereocenters. The predicted molar refractivity (Wildman–Crippen MR) is 104 cm³/mol. The number of amides is 1. The minimum atomic E-state index is -0.963. The smallest absolute Gasteiger partial charge is 0.278 e. The van der Waals surface area contributed by atoms with Crippen LogP contribution in [0, 0.1) is 10.1 Å². The molecule has 0 saturated carbocycles. The molecule has 2 aromatic carbocycles. The zero-order valence-electron chi connectivity index (χ0n) is 14.4. The van der Waals surface area contributed by atoms with Crippen LogP contribution < -0.4 is 10.6 Å². The van der Waals surface area contributed by atoms with Gasteiger partial charge in [-0.25, -0.2) is 0 Å². The quantitative estimate of drug-likeness (QED) is 0.614. The van der Waals surface area contributed by atoms with Gasteiger partial charge in [0.25, 0.3) is 11.6 Å². The molecule has 0 aliphatic carbocycles. The van der Waals surface area contributed by atoms with Gasteiger partial charge in [-0.1, -0.05) is 23.7 Å². The molecule has 1 amide bonds. The Morgan fingerprint density at radius 3 is 2.59 bits per heavy atom. The summed E-state index contributed by atoms with van der Waals surface area (Å²) in [5.74, 6) is -0.193. The predicted octanol–water partition coefficient (Wildman–Crippen LogP) is 3.16. The lowest BCUT2D eigenvalue weighted by Gasteiger charge is -2.32. The van der Waals surface area contributed by atoms with Crippen molar-refractivity contribution in [2.24, 2.45) is 4.99 Å². The minimum absolute atomic E-state index is 0.0550. The number of hydrogen-bond acceptors (Lipinski definition) is 5. The zero-order valence-corrected chi connectivity index (χ0v) is 15.1. The minimum Gasteiger partial charge on any atom is -0.323 e. The number of carbonyl (C=O) groups excluding carboxylic acids is 1. The number of anilines is 1. The number of hydrogen-bond donors (Lipinski definition) is 2. The van der Waals surface area contributed by atoms with E-state index >= 15 is 0 Å². The maximum Gasteiger partial charge on any atom is 0.278 e. The number of piperidine rings is 1. The van der Waals surface area contributed by atoms with E-state index in [0.717, 1.165) is 0 Å². The lowest BCUT2D eigenvalue weighted by atomic mass is 9.87. The molecule has 1 fully saturated rings. The van der Waals surface area contributed by atoms with Crippen molar-refractivity contribution in [1.82, 2.24) is 5.32 Å². The molecule has 0 bridgehead atoms. The number of rotatable bonds is 2. The van der Waals surface area contributed by atoms with Crippen molar-refractivity contribution >= 4 is 34.6 Å². The molecule has 1 saturated heterocycles. The molecular formula is C19H17ClN4O3. The van der Waals surface area contributed by atoms with Crippen LogP contribution in [0.3, 0.4) is 0 Å². The number of carbonyl (C=O) groups is 1. The number of aliphatic imine (C=N–C) groups is 1. The van der Waals surface area contributed by atoms with Gasteiger partial charge in [0.2, 0.25) is 0 Å². The van der Waals surface area contributed by atoms with Crippen molar-refractivity contribution in [2.75, 3.05) is 18.4 Å². The Bertz CT molecular complexity index is 967. The molecule has 7 nitrogen and oxygen atoms in total. The number of benzene rings is 2. The first-order chi connectivity index (χ1) is 13.0. The first-order valence-corrected chi connectivity index (χ1v) is 9.04. The highest BCUT2D eigenvalue weighted by Crippen LogP contribution is 2.36. The van der Waals surface area contributed by atoms with E-state index in [0.29, 0.717) is 53.5 Å². The van der Waals surface area contributed by atoms with Crippen molar-refractivity contribution in [2.45, 2.75) is 18.4 Å². The van der Waals surface area contributed by atoms with Gasteiger partial charge in [-0.2, -0.15) is 0 Å². The average Bonchev–Trinajstić information content (AvgIpc) is 2.78. The van der Waals surface area contributed by atoms with Gasteiger partial charge in [0.1, 0.15) is 5.54 Å². The van der Waals surface area contributed by atoms with Crippen LogP contribution in [0.25, 0.3) is 0 Å². The van der Waals surface area contributed by atoms with Crippen molar-refractivity contribution in [3.05, 3.63) is 68.7 Å². The molecular weight excluding hydrogens is 368 g/mol.